The van der Waals surface area contributed by atoms with E-state index in [1.165, 1.54) is 38.9 Å². The number of aryl methyl sites for hydroxylation is 2. The Morgan fingerprint density at radius 2 is 1.19 bits per heavy atom. The van der Waals surface area contributed by atoms with Crippen molar-refractivity contribution in [1.82, 2.24) is 0 Å². The summed E-state index contributed by atoms with van der Waals surface area (Å²) in [6.45, 7) is 4.45. The smallest absolute Gasteiger partial charge is 0.0357 e. The molecule has 1 aliphatic rings. The van der Waals surface area contributed by atoms with E-state index in [0.717, 1.165) is 0 Å². The zero-order valence-corrected chi connectivity index (χ0v) is 12.4. The SMILES string of the molecule is Cc1ccccc1C1c2ccccc2-c2cccc(C)c21. The van der Waals surface area contributed by atoms with Crippen LogP contribution in [0.15, 0.2) is 66.7 Å². The first-order valence-electron chi connectivity index (χ1n) is 7.51. The summed E-state index contributed by atoms with van der Waals surface area (Å²) in [5, 5.41) is 0. The molecule has 3 aromatic carbocycles. The standard InChI is InChI=1S/C21H18/c1-14-8-3-4-10-16(14)21-19-12-6-5-11-17(19)18-13-7-9-15(2)20(18)21/h3-13,21H,1-2H3. The van der Waals surface area contributed by atoms with Crippen LogP contribution in [0.2, 0.25) is 0 Å². The van der Waals surface area contributed by atoms with Gasteiger partial charge in [-0.3, -0.25) is 0 Å². The van der Waals surface area contributed by atoms with Crippen LogP contribution in [0.3, 0.4) is 0 Å². The van der Waals surface area contributed by atoms with Crippen LogP contribution in [0.4, 0.5) is 0 Å². The van der Waals surface area contributed by atoms with Crippen molar-refractivity contribution in [2.45, 2.75) is 19.8 Å². The summed E-state index contributed by atoms with van der Waals surface area (Å²) in [5.74, 6) is 0.374. The van der Waals surface area contributed by atoms with E-state index < -0.39 is 0 Å². The Hall–Kier alpha value is -2.34. The van der Waals surface area contributed by atoms with Gasteiger partial charge in [-0.05, 0) is 52.8 Å². The molecule has 1 atom stereocenters. The molecule has 21 heavy (non-hydrogen) atoms. The van der Waals surface area contributed by atoms with E-state index in [9.17, 15) is 0 Å². The van der Waals surface area contributed by atoms with E-state index in [1.807, 2.05) is 0 Å². The Morgan fingerprint density at radius 1 is 0.571 bits per heavy atom. The van der Waals surface area contributed by atoms with Crippen molar-refractivity contribution < 1.29 is 0 Å². The maximum Gasteiger partial charge on any atom is 0.0357 e. The third-order valence-electron chi connectivity index (χ3n) is 4.67. The van der Waals surface area contributed by atoms with Gasteiger partial charge in [-0.25, -0.2) is 0 Å². The summed E-state index contributed by atoms with van der Waals surface area (Å²) in [5.41, 5.74) is 9.90. The molecule has 1 unspecified atom stereocenters. The molecule has 102 valence electrons. The molecular formula is C21H18. The van der Waals surface area contributed by atoms with Crippen LogP contribution in [0.1, 0.15) is 33.7 Å². The van der Waals surface area contributed by atoms with Crippen LogP contribution in [-0.4, -0.2) is 0 Å². The largest absolute Gasteiger partial charge is 0.0620 e. The van der Waals surface area contributed by atoms with E-state index in [0.29, 0.717) is 5.92 Å². The van der Waals surface area contributed by atoms with Crippen LogP contribution < -0.4 is 0 Å². The predicted octanol–water partition coefficient (Wildman–Crippen LogP) is 5.46. The molecule has 0 fully saturated rings. The Labute approximate surface area is 126 Å². The van der Waals surface area contributed by atoms with Gasteiger partial charge in [0, 0.05) is 5.92 Å². The van der Waals surface area contributed by atoms with Crippen molar-refractivity contribution in [2.75, 3.05) is 0 Å². The highest BCUT2D eigenvalue weighted by Crippen LogP contribution is 2.49. The van der Waals surface area contributed by atoms with Gasteiger partial charge in [0.15, 0.2) is 0 Å². The van der Waals surface area contributed by atoms with Gasteiger partial charge in [-0.1, -0.05) is 66.7 Å². The Kier molecular flexibility index (Phi) is 2.71. The molecular weight excluding hydrogens is 252 g/mol. The summed E-state index contributed by atoms with van der Waals surface area (Å²) < 4.78 is 0. The predicted molar refractivity (Wildman–Crippen MR) is 88.7 cm³/mol. The zero-order chi connectivity index (χ0) is 14.4. The monoisotopic (exact) mass is 270 g/mol. The van der Waals surface area contributed by atoms with Crippen LogP contribution in [0, 0.1) is 13.8 Å². The quantitative estimate of drug-likeness (QED) is 0.430. The molecule has 0 N–H and O–H groups in total. The lowest BCUT2D eigenvalue weighted by molar-refractivity contribution is 0.983. The van der Waals surface area contributed by atoms with Crippen molar-refractivity contribution >= 4 is 0 Å². The van der Waals surface area contributed by atoms with Crippen LogP contribution in [0.25, 0.3) is 11.1 Å². The minimum Gasteiger partial charge on any atom is -0.0620 e. The molecule has 0 aliphatic heterocycles. The molecule has 3 aromatic rings. The van der Waals surface area contributed by atoms with Crippen LogP contribution in [0.5, 0.6) is 0 Å². The van der Waals surface area contributed by atoms with Gasteiger partial charge in [-0.15, -0.1) is 0 Å². The van der Waals surface area contributed by atoms with E-state index in [4.69, 9.17) is 0 Å². The molecule has 0 bridgehead atoms. The maximum absolute atomic E-state index is 2.28. The minimum absolute atomic E-state index is 0.374. The third kappa shape index (κ3) is 1.76. The molecule has 0 saturated heterocycles. The Bertz CT molecular complexity index is 827. The molecule has 1 aliphatic carbocycles. The van der Waals surface area contributed by atoms with E-state index in [1.54, 1.807) is 0 Å². The normalized spacial score (nSPS) is 15.6. The Balaban J connectivity index is 2.07. The average Bonchev–Trinajstić information content (AvgIpc) is 2.84. The zero-order valence-electron chi connectivity index (χ0n) is 12.4. The topological polar surface area (TPSA) is 0 Å². The van der Waals surface area contributed by atoms with Crippen molar-refractivity contribution in [3.63, 3.8) is 0 Å². The molecule has 0 heterocycles. The summed E-state index contributed by atoms with van der Waals surface area (Å²) in [6, 6.07) is 24.3. The molecule has 0 radical (unpaired) electrons. The van der Waals surface area contributed by atoms with Crippen LogP contribution >= 0.6 is 0 Å². The second-order valence-electron chi connectivity index (χ2n) is 5.91. The Morgan fingerprint density at radius 3 is 2.00 bits per heavy atom. The minimum atomic E-state index is 0.374. The lowest BCUT2D eigenvalue weighted by atomic mass is 9.85. The van der Waals surface area contributed by atoms with Crippen molar-refractivity contribution in [1.29, 1.82) is 0 Å². The number of hydrogen-bond acceptors (Lipinski definition) is 0. The second-order valence-corrected chi connectivity index (χ2v) is 5.91. The first-order valence-corrected chi connectivity index (χ1v) is 7.51. The molecule has 0 aromatic heterocycles. The second kappa shape index (κ2) is 4.60. The van der Waals surface area contributed by atoms with E-state index in [2.05, 4.69) is 80.6 Å². The fourth-order valence-corrected chi connectivity index (χ4v) is 3.68. The number of benzene rings is 3. The maximum atomic E-state index is 2.28. The summed E-state index contributed by atoms with van der Waals surface area (Å²) in [4.78, 5) is 0. The van der Waals surface area contributed by atoms with Gasteiger partial charge in [0.2, 0.25) is 0 Å². The number of hydrogen-bond donors (Lipinski definition) is 0. The first-order chi connectivity index (χ1) is 10.3. The van der Waals surface area contributed by atoms with Gasteiger partial charge < -0.3 is 0 Å². The van der Waals surface area contributed by atoms with Crippen LogP contribution in [-0.2, 0) is 0 Å². The van der Waals surface area contributed by atoms with Crippen molar-refractivity contribution in [2.24, 2.45) is 0 Å². The highest BCUT2D eigenvalue weighted by atomic mass is 14.3. The molecule has 0 nitrogen and oxygen atoms in total. The molecule has 4 rings (SSSR count). The summed E-state index contributed by atoms with van der Waals surface area (Å²) in [7, 11) is 0. The van der Waals surface area contributed by atoms with Crippen molar-refractivity contribution in [3.8, 4) is 11.1 Å². The fourth-order valence-electron chi connectivity index (χ4n) is 3.68. The van der Waals surface area contributed by atoms with Crippen molar-refractivity contribution in [3.05, 3.63) is 94.5 Å². The molecule has 0 heteroatoms. The van der Waals surface area contributed by atoms with Gasteiger partial charge >= 0.3 is 0 Å². The third-order valence-corrected chi connectivity index (χ3v) is 4.67. The highest BCUT2D eigenvalue weighted by molar-refractivity contribution is 5.82. The van der Waals surface area contributed by atoms with Gasteiger partial charge in [0.05, 0.1) is 0 Å². The average molecular weight is 270 g/mol. The summed E-state index contributed by atoms with van der Waals surface area (Å²) >= 11 is 0. The number of fused-ring (bicyclic) bond motifs is 3. The van der Waals surface area contributed by atoms with Gasteiger partial charge in [-0.2, -0.15) is 0 Å². The van der Waals surface area contributed by atoms with E-state index >= 15 is 0 Å². The van der Waals surface area contributed by atoms with Gasteiger partial charge in [0.25, 0.3) is 0 Å². The lowest BCUT2D eigenvalue weighted by Gasteiger charge is -2.18. The molecule has 0 amide bonds. The van der Waals surface area contributed by atoms with Gasteiger partial charge in [0.1, 0.15) is 0 Å². The number of rotatable bonds is 1. The molecule has 0 saturated carbocycles. The first kappa shape index (κ1) is 12.4. The van der Waals surface area contributed by atoms with E-state index in [-0.39, 0.29) is 0 Å². The highest BCUT2D eigenvalue weighted by Gasteiger charge is 2.31. The lowest BCUT2D eigenvalue weighted by Crippen LogP contribution is -2.03. The summed E-state index contributed by atoms with van der Waals surface area (Å²) in [6.07, 6.45) is 0. The molecule has 0 spiro atoms. The fraction of sp³-hybridized carbons (Fsp3) is 0.143.